The molecule has 2 aromatic rings. The van der Waals surface area contributed by atoms with Gasteiger partial charge in [0.15, 0.2) is 17.6 Å². The number of para-hydroxylation sites is 1. The number of amides is 1. The Balaban J connectivity index is 1.84. The van der Waals surface area contributed by atoms with E-state index >= 15 is 0 Å². The van der Waals surface area contributed by atoms with Crippen molar-refractivity contribution in [3.8, 4) is 17.2 Å². The topological polar surface area (TPSA) is 80.2 Å². The van der Waals surface area contributed by atoms with E-state index in [1.807, 2.05) is 6.92 Å². The third-order valence-corrected chi connectivity index (χ3v) is 3.58. The molecular formula is C18H18N2O4. The summed E-state index contributed by atoms with van der Waals surface area (Å²) in [6, 6.07) is 10.5. The molecule has 1 aliphatic rings. The lowest BCUT2D eigenvalue weighted by molar-refractivity contribution is -0.122. The Morgan fingerprint density at radius 1 is 1.38 bits per heavy atom. The maximum Gasteiger partial charge on any atom is 0.265 e. The molecule has 1 amide bonds. The molecule has 24 heavy (non-hydrogen) atoms. The number of carbonyl (C=O) groups is 1. The van der Waals surface area contributed by atoms with Gasteiger partial charge in [0.05, 0.1) is 18.0 Å². The molecule has 3 rings (SSSR count). The third kappa shape index (κ3) is 3.17. The summed E-state index contributed by atoms with van der Waals surface area (Å²) in [7, 11) is 0. The van der Waals surface area contributed by atoms with Gasteiger partial charge in [-0.15, -0.1) is 0 Å². The summed E-state index contributed by atoms with van der Waals surface area (Å²) in [6.45, 7) is 4.01. The second kappa shape index (κ2) is 6.62. The van der Waals surface area contributed by atoms with Crippen LogP contribution in [0.2, 0.25) is 0 Å². The lowest BCUT2D eigenvalue weighted by Gasteiger charge is -2.23. The van der Waals surface area contributed by atoms with Gasteiger partial charge in [-0.25, -0.2) is 0 Å². The summed E-state index contributed by atoms with van der Waals surface area (Å²) in [5.41, 5.74) is 1.76. The molecule has 0 saturated heterocycles. The van der Waals surface area contributed by atoms with Crippen LogP contribution in [0.15, 0.2) is 41.4 Å². The zero-order valence-corrected chi connectivity index (χ0v) is 13.4. The number of aromatic hydroxyl groups is 1. The van der Waals surface area contributed by atoms with Crippen LogP contribution >= 0.6 is 0 Å². The van der Waals surface area contributed by atoms with Crippen LogP contribution in [0.5, 0.6) is 17.2 Å². The van der Waals surface area contributed by atoms with E-state index in [-0.39, 0.29) is 11.7 Å². The zero-order chi connectivity index (χ0) is 17.1. The van der Waals surface area contributed by atoms with Crippen molar-refractivity contribution >= 4 is 23.5 Å². The van der Waals surface area contributed by atoms with Crippen LogP contribution in [0.25, 0.3) is 0 Å². The predicted octanol–water partition coefficient (Wildman–Crippen LogP) is 3.26. The molecule has 0 radical (unpaired) electrons. The Morgan fingerprint density at radius 3 is 3.00 bits per heavy atom. The second-order valence-electron chi connectivity index (χ2n) is 5.31. The van der Waals surface area contributed by atoms with Gasteiger partial charge in [0.1, 0.15) is 5.75 Å². The van der Waals surface area contributed by atoms with Crippen molar-refractivity contribution in [1.29, 1.82) is 0 Å². The molecule has 6 heteroatoms. The van der Waals surface area contributed by atoms with Crippen molar-refractivity contribution in [1.82, 2.24) is 0 Å². The molecule has 0 bridgehead atoms. The van der Waals surface area contributed by atoms with Crippen molar-refractivity contribution in [2.75, 3.05) is 11.9 Å². The van der Waals surface area contributed by atoms with Crippen molar-refractivity contribution in [3.63, 3.8) is 0 Å². The number of nitrogens with zero attached hydrogens (tertiary/aromatic N) is 1. The highest BCUT2D eigenvalue weighted by molar-refractivity contribution is 5.98. The summed E-state index contributed by atoms with van der Waals surface area (Å²) in [5, 5.41) is 12.9. The maximum absolute atomic E-state index is 11.7. The van der Waals surface area contributed by atoms with Crippen LogP contribution in [0.1, 0.15) is 19.4 Å². The number of hydrogen-bond acceptors (Lipinski definition) is 5. The standard InChI is InChI=1S/C18H18N2O4/c1-3-23-16-6-4-5-12(17(16)21)10-19-13-7-8-15-14(9-13)20-18(22)11(2)24-15/h4-11,21H,3H2,1-2H3,(H,20,22)/t11-/m1/s1. The minimum Gasteiger partial charge on any atom is -0.504 e. The SMILES string of the molecule is CCOc1cccc(C=Nc2ccc3c(c2)NC(=O)[C@@H](C)O3)c1O. The molecule has 6 nitrogen and oxygen atoms in total. The Kier molecular flexibility index (Phi) is 4.37. The van der Waals surface area contributed by atoms with Crippen LogP contribution in [-0.2, 0) is 4.79 Å². The Hall–Kier alpha value is -3.02. The van der Waals surface area contributed by atoms with Gasteiger partial charge in [0, 0.05) is 11.8 Å². The Labute approximate surface area is 139 Å². The predicted molar refractivity (Wildman–Crippen MR) is 91.7 cm³/mol. The fourth-order valence-electron chi connectivity index (χ4n) is 2.34. The minimum atomic E-state index is -0.509. The van der Waals surface area contributed by atoms with Crippen LogP contribution in [0.4, 0.5) is 11.4 Å². The molecule has 0 saturated carbocycles. The largest absolute Gasteiger partial charge is 0.504 e. The number of fused-ring (bicyclic) bond motifs is 1. The van der Waals surface area contributed by atoms with Crippen LogP contribution in [0, 0.1) is 0 Å². The van der Waals surface area contributed by atoms with E-state index < -0.39 is 6.10 Å². The number of benzene rings is 2. The number of phenols is 1. The van der Waals surface area contributed by atoms with Crippen LogP contribution in [-0.4, -0.2) is 29.9 Å². The van der Waals surface area contributed by atoms with Gasteiger partial charge in [-0.2, -0.15) is 0 Å². The summed E-state index contributed by atoms with van der Waals surface area (Å²) < 4.78 is 10.9. The molecule has 2 N–H and O–H groups in total. The number of anilines is 1. The molecule has 0 aromatic heterocycles. The molecule has 0 fully saturated rings. The van der Waals surface area contributed by atoms with Gasteiger partial charge in [0.25, 0.3) is 5.91 Å². The molecule has 1 atom stereocenters. The van der Waals surface area contributed by atoms with Crippen LogP contribution < -0.4 is 14.8 Å². The van der Waals surface area contributed by atoms with Crippen molar-refractivity contribution in [2.45, 2.75) is 20.0 Å². The number of rotatable bonds is 4. The number of carbonyl (C=O) groups excluding carboxylic acids is 1. The number of phenolic OH excluding ortho intramolecular Hbond substituents is 1. The molecule has 1 heterocycles. The van der Waals surface area contributed by atoms with E-state index in [0.717, 1.165) is 0 Å². The van der Waals surface area contributed by atoms with E-state index in [1.165, 1.54) is 0 Å². The average molecular weight is 326 g/mol. The lowest BCUT2D eigenvalue weighted by Crippen LogP contribution is -2.34. The Bertz CT molecular complexity index is 802. The van der Waals surface area contributed by atoms with Gasteiger partial charge in [-0.05, 0) is 44.2 Å². The first-order valence-electron chi connectivity index (χ1n) is 7.69. The zero-order valence-electron chi connectivity index (χ0n) is 13.4. The monoisotopic (exact) mass is 326 g/mol. The third-order valence-electron chi connectivity index (χ3n) is 3.58. The van der Waals surface area contributed by atoms with Gasteiger partial charge < -0.3 is 19.9 Å². The molecule has 0 spiro atoms. The number of aliphatic imine (C=N–C) groups is 1. The smallest absolute Gasteiger partial charge is 0.265 e. The quantitative estimate of drug-likeness (QED) is 0.845. The fourth-order valence-corrected chi connectivity index (χ4v) is 2.34. The van der Waals surface area contributed by atoms with E-state index in [4.69, 9.17) is 9.47 Å². The lowest BCUT2D eigenvalue weighted by atomic mass is 10.2. The van der Waals surface area contributed by atoms with Crippen molar-refractivity contribution in [2.24, 2.45) is 4.99 Å². The maximum atomic E-state index is 11.7. The minimum absolute atomic E-state index is 0.0477. The van der Waals surface area contributed by atoms with Crippen LogP contribution in [0.3, 0.4) is 0 Å². The van der Waals surface area contributed by atoms with Crippen molar-refractivity contribution in [3.05, 3.63) is 42.0 Å². The highest BCUT2D eigenvalue weighted by Gasteiger charge is 2.23. The van der Waals surface area contributed by atoms with Gasteiger partial charge in [-0.3, -0.25) is 9.79 Å². The van der Waals surface area contributed by atoms with Gasteiger partial charge in [0.2, 0.25) is 0 Å². The molecule has 124 valence electrons. The molecule has 0 aliphatic carbocycles. The summed E-state index contributed by atoms with van der Waals surface area (Å²) in [4.78, 5) is 16.0. The molecule has 1 aliphatic heterocycles. The first kappa shape index (κ1) is 15.9. The number of hydrogen-bond donors (Lipinski definition) is 2. The summed E-state index contributed by atoms with van der Waals surface area (Å²) in [5.74, 6) is 0.890. The number of nitrogens with one attached hydrogen (secondary N) is 1. The van der Waals surface area contributed by atoms with E-state index in [2.05, 4.69) is 10.3 Å². The van der Waals surface area contributed by atoms with E-state index in [0.29, 0.717) is 35.0 Å². The fraction of sp³-hybridized carbons (Fsp3) is 0.222. The summed E-state index contributed by atoms with van der Waals surface area (Å²) in [6.07, 6.45) is 1.04. The highest BCUT2D eigenvalue weighted by atomic mass is 16.5. The molecular weight excluding hydrogens is 308 g/mol. The first-order valence-corrected chi connectivity index (χ1v) is 7.69. The normalized spacial score (nSPS) is 16.4. The summed E-state index contributed by atoms with van der Waals surface area (Å²) >= 11 is 0. The van der Waals surface area contributed by atoms with Gasteiger partial charge >= 0.3 is 0 Å². The average Bonchev–Trinajstić information content (AvgIpc) is 2.57. The number of ether oxygens (including phenoxy) is 2. The van der Waals surface area contributed by atoms with Crippen molar-refractivity contribution < 1.29 is 19.4 Å². The van der Waals surface area contributed by atoms with Gasteiger partial charge in [-0.1, -0.05) is 6.07 Å². The van der Waals surface area contributed by atoms with E-state index in [1.54, 1.807) is 49.5 Å². The molecule has 0 unspecified atom stereocenters. The Morgan fingerprint density at radius 2 is 2.21 bits per heavy atom. The molecule has 2 aromatic carbocycles. The first-order chi connectivity index (χ1) is 11.6. The second-order valence-corrected chi connectivity index (χ2v) is 5.31. The highest BCUT2D eigenvalue weighted by Crippen LogP contribution is 2.33. The van der Waals surface area contributed by atoms with E-state index in [9.17, 15) is 9.90 Å².